The SMILES string of the molecule is CC[C@H](O)Cc1ccc(O)c(CN(CC)CCN(CC(=O)O)Cc2cc(CCC(=O)NCCCC(=O)NCCCC[C@H](NC(=O)N[C@@H](CCC(=O)O)C(=O)O)C(=O)O)ccc2O)c1. The number of phenols is 2. The number of hydrogen-bond acceptors (Lipinski definition) is 12. The van der Waals surface area contributed by atoms with Crippen molar-refractivity contribution in [2.24, 2.45) is 0 Å². The van der Waals surface area contributed by atoms with Crippen molar-refractivity contribution in [2.45, 2.75) is 116 Å². The van der Waals surface area contributed by atoms with Crippen molar-refractivity contribution in [3.05, 3.63) is 58.7 Å². The third kappa shape index (κ3) is 22.1. The number of carboxylic acids is 4. The molecule has 2 aromatic rings. The number of hydrogen-bond donors (Lipinski definition) is 11. The van der Waals surface area contributed by atoms with E-state index in [0.717, 1.165) is 11.1 Å². The van der Waals surface area contributed by atoms with Gasteiger partial charge in [-0.2, -0.15) is 0 Å². The first-order valence-corrected chi connectivity index (χ1v) is 21.1. The molecule has 20 heteroatoms. The van der Waals surface area contributed by atoms with Gasteiger partial charge < -0.3 is 57.0 Å². The number of nitrogens with zero attached hydrogens (tertiary/aromatic N) is 2. The van der Waals surface area contributed by atoms with Gasteiger partial charge in [0.15, 0.2) is 0 Å². The molecule has 0 saturated heterocycles. The fourth-order valence-corrected chi connectivity index (χ4v) is 6.50. The molecule has 0 spiro atoms. The van der Waals surface area contributed by atoms with Crippen LogP contribution in [0.15, 0.2) is 36.4 Å². The number of urea groups is 1. The molecule has 2 rings (SSSR count). The monoisotopic (exact) mass is 888 g/mol. The average molecular weight is 889 g/mol. The van der Waals surface area contributed by atoms with Crippen molar-refractivity contribution < 1.29 is 69.3 Å². The fraction of sp³-hybridized carbons (Fsp3) is 0.558. The summed E-state index contributed by atoms with van der Waals surface area (Å²) in [6, 6.07) is 6.29. The summed E-state index contributed by atoms with van der Waals surface area (Å²) in [6.45, 7) is 6.08. The first kappa shape index (κ1) is 53.1. The Kier molecular flexibility index (Phi) is 24.1. The lowest BCUT2D eigenvalue weighted by atomic mass is 10.0. The molecule has 11 N–H and O–H groups in total. The van der Waals surface area contributed by atoms with Crippen LogP contribution < -0.4 is 21.3 Å². The van der Waals surface area contributed by atoms with Gasteiger partial charge in [0.1, 0.15) is 23.6 Å². The van der Waals surface area contributed by atoms with Gasteiger partial charge >= 0.3 is 29.9 Å². The predicted molar refractivity (Wildman–Crippen MR) is 229 cm³/mol. The first-order valence-electron chi connectivity index (χ1n) is 21.1. The number of carbonyl (C=O) groups excluding carboxylic acids is 3. The molecule has 0 saturated carbocycles. The number of nitrogens with one attached hydrogen (secondary N) is 4. The Morgan fingerprint density at radius 1 is 0.635 bits per heavy atom. The Bertz CT molecular complexity index is 1830. The van der Waals surface area contributed by atoms with E-state index in [1.54, 1.807) is 29.2 Å². The molecule has 0 unspecified atom stereocenters. The van der Waals surface area contributed by atoms with Crippen molar-refractivity contribution in [1.29, 1.82) is 0 Å². The van der Waals surface area contributed by atoms with E-state index in [1.165, 1.54) is 6.07 Å². The summed E-state index contributed by atoms with van der Waals surface area (Å²) in [4.78, 5) is 86.2. The van der Waals surface area contributed by atoms with E-state index in [2.05, 4.69) is 26.2 Å². The van der Waals surface area contributed by atoms with Crippen LogP contribution in [0.2, 0.25) is 0 Å². The van der Waals surface area contributed by atoms with Crippen LogP contribution in [-0.2, 0) is 54.7 Å². The minimum absolute atomic E-state index is 0.00809. The zero-order valence-corrected chi connectivity index (χ0v) is 36.0. The number of phenolic OH excluding ortho intramolecular Hbond substituents is 2. The number of aromatic hydroxyl groups is 2. The zero-order valence-electron chi connectivity index (χ0n) is 36.0. The number of aliphatic carboxylic acids is 4. The number of aliphatic hydroxyl groups is 1. The van der Waals surface area contributed by atoms with Gasteiger partial charge in [0.2, 0.25) is 11.8 Å². The number of carbonyl (C=O) groups is 7. The highest BCUT2D eigenvalue weighted by molar-refractivity contribution is 5.86. The molecule has 63 heavy (non-hydrogen) atoms. The predicted octanol–water partition coefficient (Wildman–Crippen LogP) is 2.01. The maximum atomic E-state index is 12.6. The summed E-state index contributed by atoms with van der Waals surface area (Å²) in [7, 11) is 0. The average Bonchev–Trinajstić information content (AvgIpc) is 3.22. The zero-order chi connectivity index (χ0) is 46.9. The minimum atomic E-state index is -1.52. The number of benzene rings is 2. The van der Waals surface area contributed by atoms with Crippen LogP contribution in [-0.4, -0.2) is 145 Å². The Balaban J connectivity index is 1.76. The molecule has 0 aromatic heterocycles. The Morgan fingerprint density at radius 2 is 1.17 bits per heavy atom. The standard InChI is InChI=1S/C43H64N6O14/c1-3-32(50)24-29-11-15-36(52)31(23-29)25-48(4-2)20-21-49(27-40(57)58)26-30-22-28(10-14-35(30)51)12-16-38(54)45-19-7-9-37(53)44-18-6-5-8-33(41(59)60)46-43(63)47-34(42(61)62)13-17-39(55)56/h10-11,14-15,22-23,32-34,50-52H,3-9,12-13,16-21,24-27H2,1-2H3,(H,44,53)(H,45,54)(H,55,56)(H,57,58)(H,59,60)(H,61,62)(H2,46,47,63)/t32-,33-,34-/m0/s1. The van der Waals surface area contributed by atoms with E-state index < -0.39 is 54.5 Å². The van der Waals surface area contributed by atoms with Gasteiger partial charge in [0.05, 0.1) is 12.6 Å². The summed E-state index contributed by atoms with van der Waals surface area (Å²) in [5.74, 6) is -5.49. The third-order valence-corrected chi connectivity index (χ3v) is 10.2. The Morgan fingerprint density at radius 3 is 1.75 bits per heavy atom. The van der Waals surface area contributed by atoms with Gasteiger partial charge in [-0.15, -0.1) is 0 Å². The Labute approximate surface area is 366 Å². The normalized spacial score (nSPS) is 12.6. The van der Waals surface area contributed by atoms with E-state index in [9.17, 15) is 64.2 Å². The maximum absolute atomic E-state index is 12.6. The van der Waals surface area contributed by atoms with E-state index in [0.29, 0.717) is 75.8 Å². The van der Waals surface area contributed by atoms with Crippen molar-refractivity contribution in [1.82, 2.24) is 31.1 Å². The number of unbranched alkanes of at least 4 members (excludes halogenated alkanes) is 1. The molecule has 0 aliphatic rings. The number of amides is 4. The van der Waals surface area contributed by atoms with Crippen LogP contribution in [0.4, 0.5) is 4.79 Å². The highest BCUT2D eigenvalue weighted by Gasteiger charge is 2.25. The van der Waals surface area contributed by atoms with Gasteiger partial charge in [-0.3, -0.25) is 29.0 Å². The lowest BCUT2D eigenvalue weighted by Gasteiger charge is -2.27. The molecule has 0 radical (unpaired) electrons. The molecule has 4 amide bonds. The summed E-state index contributed by atoms with van der Waals surface area (Å²) < 4.78 is 0. The second-order valence-corrected chi connectivity index (χ2v) is 15.3. The highest BCUT2D eigenvalue weighted by atomic mass is 16.4. The van der Waals surface area contributed by atoms with Crippen molar-refractivity contribution >= 4 is 41.7 Å². The summed E-state index contributed by atoms with van der Waals surface area (Å²) in [5, 5.41) is 77.9. The number of aryl methyl sites for hydroxylation is 1. The third-order valence-electron chi connectivity index (χ3n) is 10.2. The van der Waals surface area contributed by atoms with Crippen molar-refractivity contribution in [2.75, 3.05) is 39.3 Å². The molecule has 3 atom stereocenters. The maximum Gasteiger partial charge on any atom is 0.326 e. The molecule has 2 aromatic carbocycles. The van der Waals surface area contributed by atoms with Crippen molar-refractivity contribution in [3.8, 4) is 11.5 Å². The summed E-state index contributed by atoms with van der Waals surface area (Å²) >= 11 is 0. The van der Waals surface area contributed by atoms with E-state index >= 15 is 0 Å². The lowest BCUT2D eigenvalue weighted by molar-refractivity contribution is -0.141. The molecule has 0 aliphatic heterocycles. The molecule has 0 aliphatic carbocycles. The van der Waals surface area contributed by atoms with Gasteiger partial charge in [-0.25, -0.2) is 14.4 Å². The molecular weight excluding hydrogens is 825 g/mol. The highest BCUT2D eigenvalue weighted by Crippen LogP contribution is 2.23. The quantitative estimate of drug-likeness (QED) is 0.0468. The molecular formula is C43H64N6O14. The largest absolute Gasteiger partial charge is 0.508 e. The Hall–Kier alpha value is -5.99. The lowest BCUT2D eigenvalue weighted by Crippen LogP contribution is -2.51. The van der Waals surface area contributed by atoms with Crippen LogP contribution in [0, 0.1) is 0 Å². The fourth-order valence-electron chi connectivity index (χ4n) is 6.50. The van der Waals surface area contributed by atoms with Crippen LogP contribution >= 0.6 is 0 Å². The van der Waals surface area contributed by atoms with Crippen LogP contribution in [0.1, 0.15) is 93.9 Å². The smallest absolute Gasteiger partial charge is 0.326 e. The molecule has 20 nitrogen and oxygen atoms in total. The van der Waals surface area contributed by atoms with Gasteiger partial charge in [-0.05, 0) is 81.2 Å². The second-order valence-electron chi connectivity index (χ2n) is 15.3. The van der Waals surface area contributed by atoms with E-state index in [1.807, 2.05) is 19.9 Å². The number of likely N-dealkylation sites (N-methyl/N-ethyl adjacent to an activating group) is 1. The van der Waals surface area contributed by atoms with E-state index in [-0.39, 0.29) is 75.2 Å². The van der Waals surface area contributed by atoms with Gasteiger partial charge in [0, 0.05) is 69.7 Å². The van der Waals surface area contributed by atoms with Crippen LogP contribution in [0.5, 0.6) is 11.5 Å². The summed E-state index contributed by atoms with van der Waals surface area (Å²) in [6.07, 6.45) is 1.33. The van der Waals surface area contributed by atoms with E-state index in [4.69, 9.17) is 5.11 Å². The van der Waals surface area contributed by atoms with Crippen molar-refractivity contribution in [3.63, 3.8) is 0 Å². The molecule has 0 bridgehead atoms. The number of carboxylic acid groups (broad SMARTS) is 4. The molecule has 350 valence electrons. The number of aliphatic hydroxyl groups excluding tert-OH is 1. The summed E-state index contributed by atoms with van der Waals surface area (Å²) in [5.41, 5.74) is 2.88. The van der Waals surface area contributed by atoms with Gasteiger partial charge in [-0.1, -0.05) is 38.1 Å². The molecule has 0 heterocycles. The van der Waals surface area contributed by atoms with Gasteiger partial charge in [0.25, 0.3) is 0 Å². The van der Waals surface area contributed by atoms with Crippen LogP contribution in [0.3, 0.4) is 0 Å². The number of rotatable bonds is 32. The molecule has 0 fully saturated rings. The van der Waals surface area contributed by atoms with Crippen LogP contribution in [0.25, 0.3) is 0 Å². The topological polar surface area (TPSA) is 316 Å². The minimum Gasteiger partial charge on any atom is -0.508 e. The first-order chi connectivity index (χ1) is 29.9. The second kappa shape index (κ2) is 28.6.